The lowest BCUT2D eigenvalue weighted by atomic mass is 10.1. The second kappa shape index (κ2) is 7.90. The Morgan fingerprint density at radius 2 is 1.94 bits per heavy atom. The summed E-state index contributed by atoms with van der Waals surface area (Å²) in [4.78, 5) is 31.1. The van der Waals surface area contributed by atoms with Crippen molar-refractivity contribution in [1.82, 2.24) is 33.6 Å². The quantitative estimate of drug-likeness (QED) is 0.361. The number of halogens is 1. The van der Waals surface area contributed by atoms with E-state index in [1.807, 2.05) is 17.5 Å². The van der Waals surface area contributed by atoms with Crippen molar-refractivity contribution in [2.24, 2.45) is 5.92 Å². The Labute approximate surface area is 186 Å². The van der Waals surface area contributed by atoms with Crippen LogP contribution in [0.3, 0.4) is 0 Å². The first kappa shape index (κ1) is 19.9. The predicted octanol–water partition coefficient (Wildman–Crippen LogP) is 4.14. The van der Waals surface area contributed by atoms with Crippen LogP contribution in [0.15, 0.2) is 47.0 Å². The fourth-order valence-corrected chi connectivity index (χ4v) is 4.49. The van der Waals surface area contributed by atoms with E-state index in [9.17, 15) is 4.79 Å². The number of thiazole rings is 1. The monoisotopic (exact) mass is 453 g/mol. The van der Waals surface area contributed by atoms with Gasteiger partial charge in [-0.25, -0.2) is 24.3 Å². The Morgan fingerprint density at radius 3 is 2.71 bits per heavy atom. The van der Waals surface area contributed by atoms with E-state index in [0.29, 0.717) is 28.4 Å². The van der Waals surface area contributed by atoms with Crippen LogP contribution in [0.4, 0.5) is 0 Å². The lowest BCUT2D eigenvalue weighted by Crippen LogP contribution is -2.25. The normalized spacial score (nSPS) is 11.9. The molecule has 0 saturated carbocycles. The molecule has 0 aromatic carbocycles. The van der Waals surface area contributed by atoms with Crippen molar-refractivity contribution in [1.29, 1.82) is 0 Å². The van der Waals surface area contributed by atoms with E-state index < -0.39 is 0 Å². The Morgan fingerprint density at radius 1 is 1.06 bits per heavy atom. The van der Waals surface area contributed by atoms with Crippen LogP contribution in [0.25, 0.3) is 27.3 Å². The van der Waals surface area contributed by atoms with E-state index in [2.05, 4.69) is 33.4 Å². The van der Waals surface area contributed by atoms with Crippen LogP contribution in [-0.2, 0) is 13.1 Å². The molecule has 10 heteroatoms. The van der Waals surface area contributed by atoms with Crippen LogP contribution in [0, 0.1) is 5.92 Å². The molecule has 0 amide bonds. The number of pyridine rings is 2. The standard InChI is InChI=1S/C21H20ClN7OS/c1-13(2)6-9-27-15-3-4-17(22)25-19(15)26-18(27)12-28-16-11-23-7-5-14(16)29(21(28)30)20-24-8-10-31-20/h3-5,7-8,10-11,13H,6,9,12H2,1-2H3. The smallest absolute Gasteiger partial charge is 0.325 e. The van der Waals surface area contributed by atoms with Gasteiger partial charge in [-0.15, -0.1) is 11.3 Å². The van der Waals surface area contributed by atoms with Crippen LogP contribution in [0.2, 0.25) is 5.15 Å². The molecule has 0 bridgehead atoms. The minimum absolute atomic E-state index is 0.175. The van der Waals surface area contributed by atoms with E-state index >= 15 is 0 Å². The number of fused-ring (bicyclic) bond motifs is 2. The highest BCUT2D eigenvalue weighted by atomic mass is 35.5. The molecule has 0 spiro atoms. The topological polar surface area (TPSA) is 83.4 Å². The average molecular weight is 454 g/mol. The number of nitrogens with zero attached hydrogens (tertiary/aromatic N) is 7. The van der Waals surface area contributed by atoms with Gasteiger partial charge >= 0.3 is 5.69 Å². The average Bonchev–Trinajstić information content (AvgIpc) is 3.44. The third-order valence-electron chi connectivity index (χ3n) is 5.23. The summed E-state index contributed by atoms with van der Waals surface area (Å²) in [5.41, 5.74) is 2.82. The van der Waals surface area contributed by atoms with Gasteiger partial charge in [-0.2, -0.15) is 0 Å². The highest BCUT2D eigenvalue weighted by molar-refractivity contribution is 7.12. The van der Waals surface area contributed by atoms with Crippen molar-refractivity contribution in [3.8, 4) is 5.13 Å². The molecule has 0 radical (unpaired) electrons. The Hall–Kier alpha value is -3.04. The molecule has 31 heavy (non-hydrogen) atoms. The first-order chi connectivity index (χ1) is 15.0. The molecular weight excluding hydrogens is 434 g/mol. The molecule has 0 atom stereocenters. The lowest BCUT2D eigenvalue weighted by molar-refractivity contribution is 0.507. The van der Waals surface area contributed by atoms with Crippen molar-refractivity contribution in [2.75, 3.05) is 0 Å². The molecule has 0 unspecified atom stereocenters. The molecule has 158 valence electrons. The summed E-state index contributed by atoms with van der Waals surface area (Å²) in [5, 5.41) is 2.88. The van der Waals surface area contributed by atoms with Gasteiger partial charge in [0.1, 0.15) is 11.0 Å². The number of aromatic nitrogens is 7. The first-order valence-corrected chi connectivity index (χ1v) is 11.3. The van der Waals surface area contributed by atoms with Gasteiger partial charge < -0.3 is 4.57 Å². The summed E-state index contributed by atoms with van der Waals surface area (Å²) in [5.74, 6) is 1.29. The van der Waals surface area contributed by atoms with Crippen molar-refractivity contribution in [2.45, 2.75) is 33.4 Å². The van der Waals surface area contributed by atoms with Crippen molar-refractivity contribution < 1.29 is 0 Å². The maximum Gasteiger partial charge on any atom is 0.336 e. The third-order valence-corrected chi connectivity index (χ3v) is 6.20. The Bertz CT molecular complexity index is 1430. The lowest BCUT2D eigenvalue weighted by Gasteiger charge is -2.11. The first-order valence-electron chi connectivity index (χ1n) is 9.99. The molecule has 5 aromatic heterocycles. The van der Waals surface area contributed by atoms with Gasteiger partial charge in [-0.3, -0.25) is 9.55 Å². The number of imidazole rings is 2. The maximum absolute atomic E-state index is 13.4. The predicted molar refractivity (Wildman–Crippen MR) is 122 cm³/mol. The summed E-state index contributed by atoms with van der Waals surface area (Å²) in [7, 11) is 0. The van der Waals surface area contributed by atoms with Crippen LogP contribution in [0.1, 0.15) is 26.1 Å². The molecule has 0 saturated heterocycles. The highest BCUT2D eigenvalue weighted by Crippen LogP contribution is 2.22. The summed E-state index contributed by atoms with van der Waals surface area (Å²) in [6.07, 6.45) is 6.06. The van der Waals surface area contributed by atoms with Crippen LogP contribution >= 0.6 is 22.9 Å². The van der Waals surface area contributed by atoms with Crippen LogP contribution < -0.4 is 5.69 Å². The van der Waals surface area contributed by atoms with Gasteiger partial charge in [0.15, 0.2) is 10.8 Å². The van der Waals surface area contributed by atoms with E-state index in [-0.39, 0.29) is 5.69 Å². The fraction of sp³-hybridized carbons (Fsp3) is 0.286. The van der Waals surface area contributed by atoms with Crippen molar-refractivity contribution in [3.05, 3.63) is 63.6 Å². The fourth-order valence-electron chi connectivity index (χ4n) is 3.70. The second-order valence-corrected chi connectivity index (χ2v) is 8.98. The number of hydrogen-bond acceptors (Lipinski definition) is 6. The molecule has 0 aliphatic carbocycles. The van der Waals surface area contributed by atoms with Crippen molar-refractivity contribution >= 4 is 45.1 Å². The molecule has 0 fully saturated rings. The molecule has 5 rings (SSSR count). The van der Waals surface area contributed by atoms with Gasteiger partial charge in [0.05, 0.1) is 29.3 Å². The van der Waals surface area contributed by atoms with Gasteiger partial charge in [-0.1, -0.05) is 25.4 Å². The Kier molecular flexibility index (Phi) is 5.07. The van der Waals surface area contributed by atoms with Gasteiger partial charge in [0.25, 0.3) is 0 Å². The summed E-state index contributed by atoms with van der Waals surface area (Å²) in [6.45, 7) is 5.45. The molecule has 5 heterocycles. The zero-order chi connectivity index (χ0) is 21.5. The summed E-state index contributed by atoms with van der Waals surface area (Å²) >= 11 is 7.52. The largest absolute Gasteiger partial charge is 0.336 e. The molecule has 0 N–H and O–H groups in total. The van der Waals surface area contributed by atoms with E-state index in [4.69, 9.17) is 16.6 Å². The van der Waals surface area contributed by atoms with E-state index in [1.54, 1.807) is 33.8 Å². The molecule has 0 aliphatic rings. The van der Waals surface area contributed by atoms with E-state index in [0.717, 1.165) is 35.3 Å². The molecule has 5 aromatic rings. The maximum atomic E-state index is 13.4. The summed E-state index contributed by atoms with van der Waals surface area (Å²) < 4.78 is 5.45. The highest BCUT2D eigenvalue weighted by Gasteiger charge is 2.20. The SMILES string of the molecule is CC(C)CCn1c(Cn2c(=O)n(-c3nccs3)c3ccncc32)nc2nc(Cl)ccc21. The zero-order valence-corrected chi connectivity index (χ0v) is 18.6. The third kappa shape index (κ3) is 3.53. The van der Waals surface area contributed by atoms with E-state index in [1.165, 1.54) is 11.3 Å². The number of hydrogen-bond donors (Lipinski definition) is 0. The zero-order valence-electron chi connectivity index (χ0n) is 17.1. The minimum atomic E-state index is -0.175. The Balaban J connectivity index is 1.68. The van der Waals surface area contributed by atoms with Crippen molar-refractivity contribution in [3.63, 3.8) is 0 Å². The van der Waals surface area contributed by atoms with Gasteiger partial charge in [-0.05, 0) is 30.5 Å². The van der Waals surface area contributed by atoms with Crippen LogP contribution in [-0.4, -0.2) is 33.6 Å². The number of aryl methyl sites for hydroxylation is 1. The summed E-state index contributed by atoms with van der Waals surface area (Å²) in [6, 6.07) is 5.54. The van der Waals surface area contributed by atoms with Crippen LogP contribution in [0.5, 0.6) is 0 Å². The molecular formula is C21H20ClN7OS. The minimum Gasteiger partial charge on any atom is -0.325 e. The molecule has 0 aliphatic heterocycles. The second-order valence-electron chi connectivity index (χ2n) is 7.72. The number of rotatable bonds is 6. The molecule has 8 nitrogen and oxygen atoms in total. The van der Waals surface area contributed by atoms with Gasteiger partial charge in [0, 0.05) is 24.3 Å². The van der Waals surface area contributed by atoms with Gasteiger partial charge in [0.2, 0.25) is 0 Å².